The van der Waals surface area contributed by atoms with Gasteiger partial charge in [0.15, 0.2) is 4.77 Å². The summed E-state index contributed by atoms with van der Waals surface area (Å²) in [5.74, 6) is 0.593. The van der Waals surface area contributed by atoms with Crippen LogP contribution in [-0.4, -0.2) is 9.55 Å². The van der Waals surface area contributed by atoms with Crippen molar-refractivity contribution in [3.05, 3.63) is 26.6 Å². The first-order valence-corrected chi connectivity index (χ1v) is 7.69. The predicted octanol–water partition coefficient (Wildman–Crippen LogP) is 3.87. The molecule has 2 aromatic heterocycles. The molecule has 1 aliphatic rings. The highest BCUT2D eigenvalue weighted by Gasteiger charge is 2.24. The molecule has 1 saturated carbocycles. The van der Waals surface area contributed by atoms with E-state index in [0.717, 1.165) is 10.2 Å². The largest absolute Gasteiger partial charge is 0.331 e. The van der Waals surface area contributed by atoms with Crippen LogP contribution in [0.1, 0.15) is 38.6 Å². The van der Waals surface area contributed by atoms with Gasteiger partial charge in [0.2, 0.25) is 0 Å². The average Bonchev–Trinajstić information content (AvgIpc) is 2.98. The summed E-state index contributed by atoms with van der Waals surface area (Å²) in [5, 5.41) is 1.93. The van der Waals surface area contributed by atoms with E-state index in [-0.39, 0.29) is 11.6 Å². The topological polar surface area (TPSA) is 37.8 Å². The first-order valence-electron chi connectivity index (χ1n) is 6.40. The van der Waals surface area contributed by atoms with Crippen LogP contribution >= 0.6 is 23.6 Å². The number of nitrogens with zero attached hydrogens (tertiary/aromatic N) is 1. The molecule has 0 aromatic carbocycles. The lowest BCUT2D eigenvalue weighted by molar-refractivity contribution is 0.349. The summed E-state index contributed by atoms with van der Waals surface area (Å²) in [4.78, 5) is 15.7. The second-order valence-electron chi connectivity index (χ2n) is 5.05. The molecule has 2 heterocycles. The zero-order chi connectivity index (χ0) is 12.7. The summed E-state index contributed by atoms with van der Waals surface area (Å²) in [6, 6.07) is 2.12. The smallest absolute Gasteiger partial charge is 0.272 e. The van der Waals surface area contributed by atoms with Gasteiger partial charge in [-0.05, 0) is 49.3 Å². The molecule has 1 unspecified atom stereocenters. The Hall–Kier alpha value is -0.940. The Kier molecular flexibility index (Phi) is 3.11. The van der Waals surface area contributed by atoms with Crippen LogP contribution < -0.4 is 5.56 Å². The van der Waals surface area contributed by atoms with Gasteiger partial charge in [-0.1, -0.05) is 12.8 Å². The van der Waals surface area contributed by atoms with Gasteiger partial charge in [-0.25, -0.2) is 0 Å². The maximum Gasteiger partial charge on any atom is 0.272 e. The molecule has 18 heavy (non-hydrogen) atoms. The molecule has 0 spiro atoms. The standard InChI is InChI=1S/C13H16N2OS2/c1-8(9-4-2-3-5-9)15-12(16)11-10(6-7-18-11)14-13(15)17/h6-9H,2-5H2,1H3,(H,14,17). The third kappa shape index (κ3) is 1.86. The molecule has 1 fully saturated rings. The fourth-order valence-corrected chi connectivity index (χ4v) is 4.12. The van der Waals surface area contributed by atoms with E-state index in [2.05, 4.69) is 11.9 Å². The molecule has 5 heteroatoms. The first kappa shape index (κ1) is 12.1. The fraction of sp³-hybridized carbons (Fsp3) is 0.538. The lowest BCUT2D eigenvalue weighted by Gasteiger charge is -2.21. The Labute approximate surface area is 114 Å². The van der Waals surface area contributed by atoms with Crippen LogP contribution in [0.5, 0.6) is 0 Å². The average molecular weight is 280 g/mol. The minimum Gasteiger partial charge on any atom is -0.331 e. The third-order valence-electron chi connectivity index (χ3n) is 4.03. The van der Waals surface area contributed by atoms with Crippen molar-refractivity contribution in [2.45, 2.75) is 38.6 Å². The van der Waals surface area contributed by atoms with Gasteiger partial charge in [-0.2, -0.15) is 0 Å². The maximum absolute atomic E-state index is 12.5. The van der Waals surface area contributed by atoms with Gasteiger partial charge in [0.25, 0.3) is 5.56 Å². The number of thiophene rings is 1. The minimum absolute atomic E-state index is 0.0724. The molecule has 0 bridgehead atoms. The third-order valence-corrected chi connectivity index (χ3v) is 5.23. The molecule has 96 valence electrons. The zero-order valence-corrected chi connectivity index (χ0v) is 11.9. The quantitative estimate of drug-likeness (QED) is 0.848. The Morgan fingerprint density at radius 2 is 2.22 bits per heavy atom. The lowest BCUT2D eigenvalue weighted by Crippen LogP contribution is -2.28. The van der Waals surface area contributed by atoms with Gasteiger partial charge in [0, 0.05) is 6.04 Å². The van der Waals surface area contributed by atoms with Crippen molar-refractivity contribution in [3.63, 3.8) is 0 Å². The number of rotatable bonds is 2. The van der Waals surface area contributed by atoms with Crippen LogP contribution in [0.3, 0.4) is 0 Å². The molecule has 0 aliphatic heterocycles. The maximum atomic E-state index is 12.5. The van der Waals surface area contributed by atoms with Crippen molar-refractivity contribution in [1.29, 1.82) is 0 Å². The number of aromatic nitrogens is 2. The number of hydrogen-bond acceptors (Lipinski definition) is 3. The van der Waals surface area contributed by atoms with Crippen LogP contribution in [0.25, 0.3) is 10.2 Å². The van der Waals surface area contributed by atoms with E-state index in [1.54, 1.807) is 4.57 Å². The molecule has 1 N–H and O–H groups in total. The lowest BCUT2D eigenvalue weighted by atomic mass is 10.00. The van der Waals surface area contributed by atoms with Gasteiger partial charge >= 0.3 is 0 Å². The van der Waals surface area contributed by atoms with E-state index in [9.17, 15) is 4.79 Å². The van der Waals surface area contributed by atoms with Crippen LogP contribution in [-0.2, 0) is 0 Å². The highest BCUT2D eigenvalue weighted by Crippen LogP contribution is 2.33. The van der Waals surface area contributed by atoms with Crippen LogP contribution in [0, 0.1) is 10.7 Å². The monoisotopic (exact) mass is 280 g/mol. The zero-order valence-electron chi connectivity index (χ0n) is 10.3. The molecular formula is C13H16N2OS2. The normalized spacial score (nSPS) is 18.5. The number of H-pyrrole nitrogens is 1. The SMILES string of the molecule is CC(C1CCCC1)n1c(=S)[nH]c2ccsc2c1=O. The molecule has 1 atom stereocenters. The van der Waals surface area contributed by atoms with E-state index in [0.29, 0.717) is 10.7 Å². The van der Waals surface area contributed by atoms with Crippen molar-refractivity contribution >= 4 is 33.8 Å². The first-order chi connectivity index (χ1) is 8.68. The van der Waals surface area contributed by atoms with E-state index in [1.165, 1.54) is 37.0 Å². The minimum atomic E-state index is 0.0724. The van der Waals surface area contributed by atoms with Crippen molar-refractivity contribution in [1.82, 2.24) is 9.55 Å². The summed E-state index contributed by atoms with van der Waals surface area (Å²) in [6.45, 7) is 2.13. The Morgan fingerprint density at radius 3 is 2.94 bits per heavy atom. The summed E-state index contributed by atoms with van der Waals surface area (Å²) in [7, 11) is 0. The van der Waals surface area contributed by atoms with Gasteiger partial charge in [-0.15, -0.1) is 11.3 Å². The molecule has 0 radical (unpaired) electrons. The molecule has 3 rings (SSSR count). The number of aromatic amines is 1. The predicted molar refractivity (Wildman–Crippen MR) is 77.9 cm³/mol. The number of fused-ring (bicyclic) bond motifs is 1. The van der Waals surface area contributed by atoms with E-state index < -0.39 is 0 Å². The van der Waals surface area contributed by atoms with Gasteiger partial charge in [0.05, 0.1) is 5.52 Å². The number of nitrogens with one attached hydrogen (secondary N) is 1. The van der Waals surface area contributed by atoms with E-state index in [4.69, 9.17) is 12.2 Å². The summed E-state index contributed by atoms with van der Waals surface area (Å²) >= 11 is 6.84. The molecular weight excluding hydrogens is 264 g/mol. The van der Waals surface area contributed by atoms with Crippen LogP contribution in [0.15, 0.2) is 16.2 Å². The van der Waals surface area contributed by atoms with Crippen LogP contribution in [0.2, 0.25) is 0 Å². The highest BCUT2D eigenvalue weighted by atomic mass is 32.1. The highest BCUT2D eigenvalue weighted by molar-refractivity contribution is 7.71. The van der Waals surface area contributed by atoms with Gasteiger partial charge in [-0.3, -0.25) is 9.36 Å². The van der Waals surface area contributed by atoms with E-state index in [1.807, 2.05) is 11.4 Å². The Morgan fingerprint density at radius 1 is 1.50 bits per heavy atom. The Bertz CT molecular complexity index is 676. The fourth-order valence-electron chi connectivity index (χ4n) is 2.97. The molecule has 2 aromatic rings. The second kappa shape index (κ2) is 4.63. The van der Waals surface area contributed by atoms with Crippen molar-refractivity contribution in [2.75, 3.05) is 0 Å². The van der Waals surface area contributed by atoms with Gasteiger partial charge < -0.3 is 4.98 Å². The van der Waals surface area contributed by atoms with Crippen molar-refractivity contribution in [3.8, 4) is 0 Å². The Balaban J connectivity index is 2.15. The summed E-state index contributed by atoms with van der Waals surface area (Å²) in [5.41, 5.74) is 0.938. The summed E-state index contributed by atoms with van der Waals surface area (Å²) in [6.07, 6.45) is 4.98. The van der Waals surface area contributed by atoms with Crippen molar-refractivity contribution < 1.29 is 0 Å². The van der Waals surface area contributed by atoms with Crippen molar-refractivity contribution in [2.24, 2.45) is 5.92 Å². The molecule has 1 aliphatic carbocycles. The van der Waals surface area contributed by atoms with E-state index >= 15 is 0 Å². The summed E-state index contributed by atoms with van der Waals surface area (Å²) < 4.78 is 3.13. The molecule has 0 saturated heterocycles. The van der Waals surface area contributed by atoms with Gasteiger partial charge in [0.1, 0.15) is 4.70 Å². The molecule has 3 nitrogen and oxygen atoms in total. The van der Waals surface area contributed by atoms with Crippen LogP contribution in [0.4, 0.5) is 0 Å². The second-order valence-corrected chi connectivity index (χ2v) is 6.36. The molecule has 0 amide bonds. The number of hydrogen-bond donors (Lipinski definition) is 1.